The van der Waals surface area contributed by atoms with Crippen LogP contribution in [-0.4, -0.2) is 47.3 Å². The Kier molecular flexibility index (Phi) is 15.9. The van der Waals surface area contributed by atoms with Gasteiger partial charge in [0.05, 0.1) is 12.2 Å². The van der Waals surface area contributed by atoms with Crippen molar-refractivity contribution in [2.75, 3.05) is 0 Å². The summed E-state index contributed by atoms with van der Waals surface area (Å²) in [5, 5.41) is 29.9. The minimum Gasteiger partial charge on any atom is -0.851 e. The molecule has 0 N–H and O–H groups in total. The Morgan fingerprint density at radius 2 is 1.78 bits per heavy atom. The number of nitrogens with zero attached hydrogens (tertiary/aromatic N) is 1. The van der Waals surface area contributed by atoms with E-state index in [2.05, 4.69) is 10.4 Å². The number of hydrogen-bond acceptors (Lipinski definition) is 8. The first-order valence-electron chi connectivity index (χ1n) is 12.1. The van der Waals surface area contributed by atoms with E-state index >= 15 is 0 Å². The van der Waals surface area contributed by atoms with E-state index in [-0.39, 0.29) is 80.5 Å². The number of cyclic esters (lactones) is 1. The average Bonchev–Trinajstić information content (AvgIpc) is 3.38. The molecule has 0 saturated carbocycles. The van der Waals surface area contributed by atoms with Gasteiger partial charge in [-0.25, -0.2) is 0 Å². The van der Waals surface area contributed by atoms with Crippen molar-refractivity contribution in [3.05, 3.63) is 21.7 Å². The zero-order valence-electron chi connectivity index (χ0n) is 24.0. The fourth-order valence-electron chi connectivity index (χ4n) is 4.70. The molecule has 0 bridgehead atoms. The number of rotatable bonds is 2. The van der Waals surface area contributed by atoms with E-state index < -0.39 is 42.0 Å². The summed E-state index contributed by atoms with van der Waals surface area (Å²) in [5.41, 5.74) is 0.135. The van der Waals surface area contributed by atoms with Gasteiger partial charge in [0.2, 0.25) is 0 Å². The molecular formula is C26H36Li3NO6S. The molecule has 190 valence electrons. The van der Waals surface area contributed by atoms with Gasteiger partial charge < -0.3 is 24.7 Å². The molecule has 2 fully saturated rings. The van der Waals surface area contributed by atoms with Crippen molar-refractivity contribution in [2.24, 2.45) is 17.3 Å². The number of fused-ring (bicyclic) bond motifs is 1. The van der Waals surface area contributed by atoms with Gasteiger partial charge in [-0.2, -0.15) is 0 Å². The van der Waals surface area contributed by atoms with Crippen LogP contribution in [0.1, 0.15) is 77.4 Å². The maximum absolute atomic E-state index is 13.1. The van der Waals surface area contributed by atoms with Crippen LogP contribution >= 0.6 is 11.3 Å². The number of aryl methyl sites for hydroxylation is 1. The Balaban J connectivity index is 0.00000432. The number of Topliss-reactive ketones (excluding diaryl/α,β-unsaturated/α-hetero) is 1. The number of aromatic nitrogens is 1. The summed E-state index contributed by atoms with van der Waals surface area (Å²) in [6.45, 7) is 10.3. The predicted octanol–water partition coefficient (Wildman–Crippen LogP) is -6.36. The van der Waals surface area contributed by atoms with Crippen LogP contribution in [0, 0.1) is 29.6 Å². The molecule has 1 aromatic heterocycles. The third-order valence-corrected chi connectivity index (χ3v) is 7.97. The minimum absolute atomic E-state index is 0. The van der Waals surface area contributed by atoms with Crippen LogP contribution in [0.3, 0.4) is 0 Å². The molecule has 7 nitrogen and oxygen atoms in total. The molecule has 11 heteroatoms. The van der Waals surface area contributed by atoms with E-state index in [1.807, 2.05) is 26.8 Å². The van der Waals surface area contributed by atoms with Gasteiger partial charge in [0.15, 0.2) is 0 Å². The van der Waals surface area contributed by atoms with E-state index in [0.29, 0.717) is 18.5 Å². The Hall–Kier alpha value is 0.182. The van der Waals surface area contributed by atoms with Crippen molar-refractivity contribution in [3.63, 3.8) is 0 Å². The molecule has 3 heterocycles. The van der Waals surface area contributed by atoms with E-state index in [4.69, 9.17) is 9.47 Å². The fourth-order valence-corrected chi connectivity index (χ4v) is 5.20. The predicted molar refractivity (Wildman–Crippen MR) is 126 cm³/mol. The topological polar surface area (TPSA) is 115 Å². The van der Waals surface area contributed by atoms with E-state index in [1.165, 1.54) is 25.2 Å². The number of carbonyl (C=O) groups excluding carboxylic acids is 2. The summed E-state index contributed by atoms with van der Waals surface area (Å²) in [7, 11) is 0. The van der Waals surface area contributed by atoms with Crippen LogP contribution in [0.4, 0.5) is 0 Å². The Bertz CT molecular complexity index is 924. The molecule has 3 rings (SSSR count). The first-order chi connectivity index (χ1) is 15.9. The molecule has 0 amide bonds. The summed E-state index contributed by atoms with van der Waals surface area (Å²) < 4.78 is 11.6. The van der Waals surface area contributed by atoms with Crippen LogP contribution in [0.25, 0.3) is 6.08 Å². The van der Waals surface area contributed by atoms with Gasteiger partial charge >= 0.3 is 62.6 Å². The number of thiazole rings is 1. The van der Waals surface area contributed by atoms with Gasteiger partial charge in [-0.05, 0) is 11.4 Å². The maximum Gasteiger partial charge on any atom is 1.00 e. The summed E-state index contributed by atoms with van der Waals surface area (Å²) >= 11 is 1.42. The van der Waals surface area contributed by atoms with Gasteiger partial charge in [0.25, 0.3) is 0 Å². The third kappa shape index (κ3) is 9.95. The molecule has 2 saturated heterocycles. The van der Waals surface area contributed by atoms with Gasteiger partial charge in [0.1, 0.15) is 11.9 Å². The van der Waals surface area contributed by atoms with Crippen molar-refractivity contribution < 1.29 is 85.9 Å². The van der Waals surface area contributed by atoms with E-state index in [0.717, 1.165) is 23.4 Å². The number of ketones is 1. The maximum atomic E-state index is 13.1. The van der Waals surface area contributed by atoms with E-state index in [9.17, 15) is 19.8 Å². The summed E-state index contributed by atoms with van der Waals surface area (Å²) in [6, 6.07) is 0. The first-order valence-corrected chi connectivity index (χ1v) is 13.0. The number of ether oxygens (including phenoxy) is 2. The molecule has 1 unspecified atom stereocenters. The smallest absolute Gasteiger partial charge is 0.851 e. The molecule has 2 aliphatic heterocycles. The molecule has 0 aliphatic carbocycles. The van der Waals surface area contributed by atoms with E-state index in [1.54, 1.807) is 6.92 Å². The molecule has 0 aromatic carbocycles. The summed E-state index contributed by atoms with van der Waals surface area (Å²) in [5.74, 6) is -2.02. The van der Waals surface area contributed by atoms with Crippen molar-refractivity contribution in [1.29, 1.82) is 0 Å². The molecule has 37 heavy (non-hydrogen) atoms. The molecule has 0 radical (unpaired) electrons. The van der Waals surface area contributed by atoms with Crippen molar-refractivity contribution in [2.45, 2.75) is 104 Å². The summed E-state index contributed by atoms with van der Waals surface area (Å²) in [6.07, 6.45) is 1.13. The van der Waals surface area contributed by atoms with Crippen molar-refractivity contribution >= 4 is 29.2 Å². The first kappa shape index (κ1) is 37.2. The fraction of sp³-hybridized carbons (Fsp3) is 0.731. The molecule has 0 spiro atoms. The third-order valence-electron chi connectivity index (χ3n) is 7.27. The van der Waals surface area contributed by atoms with Gasteiger partial charge in [-0.1, -0.05) is 76.9 Å². The van der Waals surface area contributed by atoms with Crippen LogP contribution < -0.4 is 66.8 Å². The zero-order valence-corrected chi connectivity index (χ0v) is 24.8. The normalized spacial score (nSPS) is 33.1. The monoisotopic (exact) mass is 511 g/mol. The van der Waals surface area contributed by atoms with Gasteiger partial charge in [0, 0.05) is 24.2 Å². The van der Waals surface area contributed by atoms with Crippen LogP contribution in [-0.2, 0) is 19.1 Å². The molecule has 1 aromatic rings. The van der Waals surface area contributed by atoms with Crippen LogP contribution in [0.5, 0.6) is 0 Å². The molecule has 2 aliphatic rings. The second-order valence-corrected chi connectivity index (χ2v) is 11.5. The Morgan fingerprint density at radius 1 is 1.14 bits per heavy atom. The Labute approximate surface area is 261 Å². The van der Waals surface area contributed by atoms with Gasteiger partial charge in [-0.15, -0.1) is 18.3 Å². The molecule has 7 atom stereocenters. The largest absolute Gasteiger partial charge is 1.00 e. The Morgan fingerprint density at radius 3 is 2.38 bits per heavy atom. The minimum atomic E-state index is -1.50. The zero-order chi connectivity index (χ0) is 25.2. The standard InChI is InChI=1S/C26H36NO6S.3Li/c1-14-8-7-9-19-21(32-19)11-20(15(2)10-18-13-34-17(4)27-18)33-23(29)12-22(28)26(5,6)25(31)16(3)24(14)30;;;/h10,14,16,19-22,24H,7-9,11-12H2,1-6H3;;;/q-3;3*+1/b15-10+;;;/t14-,16+,19+,20?,21-,22-,24-;;;/m0.../s1. The van der Waals surface area contributed by atoms with Crippen LogP contribution in [0.2, 0.25) is 0 Å². The quantitative estimate of drug-likeness (QED) is 0.168. The second kappa shape index (κ2) is 15.8. The number of epoxide rings is 1. The average molecular weight is 511 g/mol. The number of carbonyl (C=O) groups is 2. The summed E-state index contributed by atoms with van der Waals surface area (Å²) in [4.78, 5) is 30.3. The number of hydrogen-bond donors (Lipinski definition) is 0. The van der Waals surface area contributed by atoms with Gasteiger partial charge in [-0.3, -0.25) is 20.9 Å². The SMILES string of the molecule is C/C(=C\c1[c-]sc(C)n1)C1C[C@@H]2O[C@@H]2CCC[C@H](C)[C@H]([O-])[C@@H](C)C(=O)C(C)(C)[C@@H]([O-])CC(=O)O1.[Li+].[Li+].[Li+]. The van der Waals surface area contributed by atoms with Crippen LogP contribution in [0.15, 0.2) is 5.57 Å². The van der Waals surface area contributed by atoms with Crippen molar-refractivity contribution in [3.8, 4) is 0 Å². The second-order valence-electron chi connectivity index (χ2n) is 10.5. The number of esters is 1. The van der Waals surface area contributed by atoms with Crippen molar-refractivity contribution in [1.82, 2.24) is 4.98 Å². The molecular weight excluding hydrogens is 475 g/mol.